The standard InChI is InChI=1S/C14H15N.C9H13N/c1-3-7-13(8-4-1)11-15-12-14-9-5-2-6-10-14;1-10(2)8-9-6-4-3-5-7-9/h1-10,15H,11-12H2;3-7H,8H2,1-2H3. The summed E-state index contributed by atoms with van der Waals surface area (Å²) in [6.07, 6.45) is 0. The molecule has 3 aromatic carbocycles. The normalized spacial score (nSPS) is 10.2. The summed E-state index contributed by atoms with van der Waals surface area (Å²) in [5.41, 5.74) is 4.02. The third kappa shape index (κ3) is 8.30. The largest absolute Gasteiger partial charge is 0.309 e. The molecule has 0 saturated heterocycles. The first kappa shape index (κ1) is 18.9. The lowest BCUT2D eigenvalue weighted by molar-refractivity contribution is 0.402. The van der Waals surface area contributed by atoms with E-state index in [1.165, 1.54) is 16.7 Å². The Hall–Kier alpha value is -2.42. The number of hydrogen-bond acceptors (Lipinski definition) is 2. The molecule has 0 atom stereocenters. The van der Waals surface area contributed by atoms with Crippen molar-refractivity contribution in [3.63, 3.8) is 0 Å². The molecule has 0 heterocycles. The molecule has 0 spiro atoms. The summed E-state index contributed by atoms with van der Waals surface area (Å²) in [4.78, 5) is 2.16. The van der Waals surface area contributed by atoms with Crippen LogP contribution < -0.4 is 5.32 Å². The molecule has 2 nitrogen and oxygen atoms in total. The van der Waals surface area contributed by atoms with E-state index in [1.54, 1.807) is 0 Å². The van der Waals surface area contributed by atoms with Crippen molar-refractivity contribution in [2.75, 3.05) is 14.1 Å². The maximum atomic E-state index is 3.42. The Morgan fingerprint density at radius 2 is 0.920 bits per heavy atom. The summed E-state index contributed by atoms with van der Waals surface area (Å²) in [5, 5.41) is 3.42. The fraction of sp³-hybridized carbons (Fsp3) is 0.217. The van der Waals surface area contributed by atoms with Crippen molar-refractivity contribution in [2.45, 2.75) is 19.6 Å². The lowest BCUT2D eigenvalue weighted by atomic mass is 10.2. The lowest BCUT2D eigenvalue weighted by Gasteiger charge is -2.08. The minimum atomic E-state index is 0.926. The maximum Gasteiger partial charge on any atom is 0.0227 e. The Morgan fingerprint density at radius 3 is 1.28 bits per heavy atom. The molecule has 130 valence electrons. The fourth-order valence-corrected chi connectivity index (χ4v) is 2.49. The monoisotopic (exact) mass is 332 g/mol. The van der Waals surface area contributed by atoms with E-state index in [0.717, 1.165) is 19.6 Å². The third-order valence-corrected chi connectivity index (χ3v) is 3.69. The number of rotatable bonds is 6. The van der Waals surface area contributed by atoms with E-state index in [0.29, 0.717) is 0 Å². The molecule has 3 rings (SSSR count). The smallest absolute Gasteiger partial charge is 0.0227 e. The van der Waals surface area contributed by atoms with Gasteiger partial charge in [0.05, 0.1) is 0 Å². The summed E-state index contributed by atoms with van der Waals surface area (Å²) in [6.45, 7) is 2.88. The molecule has 0 aliphatic rings. The second kappa shape index (κ2) is 11.2. The van der Waals surface area contributed by atoms with Crippen LogP contribution >= 0.6 is 0 Å². The molecule has 1 N–H and O–H groups in total. The van der Waals surface area contributed by atoms with Crippen LogP contribution in [0.1, 0.15) is 16.7 Å². The highest BCUT2D eigenvalue weighted by molar-refractivity contribution is 5.16. The Labute approximate surface area is 152 Å². The Morgan fingerprint density at radius 1 is 0.560 bits per heavy atom. The highest BCUT2D eigenvalue weighted by atomic mass is 15.0. The molecule has 2 heteroatoms. The van der Waals surface area contributed by atoms with Gasteiger partial charge in [0.1, 0.15) is 0 Å². The number of nitrogens with one attached hydrogen (secondary N) is 1. The molecule has 0 unspecified atom stereocenters. The van der Waals surface area contributed by atoms with E-state index < -0.39 is 0 Å². The van der Waals surface area contributed by atoms with E-state index in [-0.39, 0.29) is 0 Å². The topological polar surface area (TPSA) is 15.3 Å². The van der Waals surface area contributed by atoms with Gasteiger partial charge in [0.15, 0.2) is 0 Å². The minimum Gasteiger partial charge on any atom is -0.309 e. The third-order valence-electron chi connectivity index (χ3n) is 3.69. The van der Waals surface area contributed by atoms with E-state index in [1.807, 2.05) is 18.2 Å². The Kier molecular flexibility index (Phi) is 8.46. The quantitative estimate of drug-likeness (QED) is 0.702. The highest BCUT2D eigenvalue weighted by Crippen LogP contribution is 2.01. The van der Waals surface area contributed by atoms with Crippen molar-refractivity contribution < 1.29 is 0 Å². The van der Waals surface area contributed by atoms with Gasteiger partial charge in [-0.25, -0.2) is 0 Å². The summed E-state index contributed by atoms with van der Waals surface area (Å²) < 4.78 is 0. The molecule has 3 aromatic rings. The average molecular weight is 332 g/mol. The van der Waals surface area contributed by atoms with Gasteiger partial charge in [-0.05, 0) is 30.8 Å². The molecule has 25 heavy (non-hydrogen) atoms. The first-order valence-electron chi connectivity index (χ1n) is 8.71. The van der Waals surface area contributed by atoms with Crippen LogP contribution in [0.15, 0.2) is 91.0 Å². The molecule has 0 radical (unpaired) electrons. The van der Waals surface area contributed by atoms with Crippen molar-refractivity contribution in [1.29, 1.82) is 0 Å². The SMILES string of the molecule is CN(C)Cc1ccccc1.c1ccc(CNCc2ccccc2)cc1. The van der Waals surface area contributed by atoms with Crippen LogP contribution in [0.4, 0.5) is 0 Å². The lowest BCUT2D eigenvalue weighted by Crippen LogP contribution is -2.12. The van der Waals surface area contributed by atoms with Gasteiger partial charge in [-0.3, -0.25) is 0 Å². The van der Waals surface area contributed by atoms with Crippen LogP contribution in [0.25, 0.3) is 0 Å². The predicted octanol–water partition coefficient (Wildman–Crippen LogP) is 4.72. The van der Waals surface area contributed by atoms with Crippen LogP contribution in [-0.2, 0) is 19.6 Å². The van der Waals surface area contributed by atoms with Gasteiger partial charge < -0.3 is 10.2 Å². The van der Waals surface area contributed by atoms with Gasteiger partial charge in [0, 0.05) is 19.6 Å². The van der Waals surface area contributed by atoms with Crippen LogP contribution in [0.5, 0.6) is 0 Å². The van der Waals surface area contributed by atoms with Gasteiger partial charge in [0.2, 0.25) is 0 Å². The van der Waals surface area contributed by atoms with Gasteiger partial charge in [0.25, 0.3) is 0 Å². The zero-order valence-corrected chi connectivity index (χ0v) is 15.2. The van der Waals surface area contributed by atoms with Gasteiger partial charge in [-0.2, -0.15) is 0 Å². The van der Waals surface area contributed by atoms with Crippen LogP contribution in [0.2, 0.25) is 0 Å². The number of nitrogens with zero attached hydrogens (tertiary/aromatic N) is 1. The van der Waals surface area contributed by atoms with E-state index in [9.17, 15) is 0 Å². The van der Waals surface area contributed by atoms with Crippen LogP contribution in [-0.4, -0.2) is 19.0 Å². The molecule has 0 fully saturated rings. The van der Waals surface area contributed by atoms with Crippen molar-refractivity contribution in [2.24, 2.45) is 0 Å². The molecule has 0 aliphatic heterocycles. The van der Waals surface area contributed by atoms with Gasteiger partial charge >= 0.3 is 0 Å². The Bertz CT molecular complexity index is 640. The average Bonchev–Trinajstić information content (AvgIpc) is 2.64. The fourth-order valence-electron chi connectivity index (χ4n) is 2.49. The summed E-state index contributed by atoms with van der Waals surface area (Å²) in [6, 6.07) is 31.4. The van der Waals surface area contributed by atoms with Crippen LogP contribution in [0.3, 0.4) is 0 Å². The first-order chi connectivity index (χ1) is 12.2. The van der Waals surface area contributed by atoms with Crippen molar-refractivity contribution >= 4 is 0 Å². The maximum absolute atomic E-state index is 3.42. The van der Waals surface area contributed by atoms with Crippen molar-refractivity contribution in [1.82, 2.24) is 10.2 Å². The number of benzene rings is 3. The van der Waals surface area contributed by atoms with E-state index in [4.69, 9.17) is 0 Å². The molecule has 0 aromatic heterocycles. The molecule has 0 aliphatic carbocycles. The summed E-state index contributed by atoms with van der Waals surface area (Å²) >= 11 is 0. The second-order valence-electron chi connectivity index (χ2n) is 6.30. The zero-order valence-electron chi connectivity index (χ0n) is 15.2. The second-order valence-corrected chi connectivity index (χ2v) is 6.30. The van der Waals surface area contributed by atoms with Crippen molar-refractivity contribution in [3.05, 3.63) is 108 Å². The number of hydrogen-bond donors (Lipinski definition) is 1. The molecular formula is C23H28N2. The van der Waals surface area contributed by atoms with Crippen molar-refractivity contribution in [3.8, 4) is 0 Å². The van der Waals surface area contributed by atoms with Gasteiger partial charge in [-0.15, -0.1) is 0 Å². The van der Waals surface area contributed by atoms with Gasteiger partial charge in [-0.1, -0.05) is 91.0 Å². The van der Waals surface area contributed by atoms with Crippen LogP contribution in [0, 0.1) is 0 Å². The first-order valence-corrected chi connectivity index (χ1v) is 8.71. The summed E-state index contributed by atoms with van der Waals surface area (Å²) in [7, 11) is 4.15. The summed E-state index contributed by atoms with van der Waals surface area (Å²) in [5.74, 6) is 0. The molecular weight excluding hydrogens is 304 g/mol. The van der Waals surface area contributed by atoms with E-state index in [2.05, 4.69) is 97.1 Å². The molecule has 0 saturated carbocycles. The molecule has 0 bridgehead atoms. The Balaban J connectivity index is 0.000000196. The predicted molar refractivity (Wildman–Crippen MR) is 107 cm³/mol. The minimum absolute atomic E-state index is 0.926. The zero-order chi connectivity index (χ0) is 17.7. The highest BCUT2D eigenvalue weighted by Gasteiger charge is 1.92. The van der Waals surface area contributed by atoms with E-state index >= 15 is 0 Å². The molecule has 0 amide bonds.